The first-order valence-corrected chi connectivity index (χ1v) is 8.82. The summed E-state index contributed by atoms with van der Waals surface area (Å²) in [5.41, 5.74) is 1.38. The first-order chi connectivity index (χ1) is 13.5. The van der Waals surface area contributed by atoms with E-state index in [0.717, 1.165) is 16.3 Å². The summed E-state index contributed by atoms with van der Waals surface area (Å²) in [6.07, 6.45) is 0.144. The van der Waals surface area contributed by atoms with Crippen LogP contribution in [0.1, 0.15) is 22.8 Å². The summed E-state index contributed by atoms with van der Waals surface area (Å²) in [4.78, 5) is 35.8. The monoisotopic (exact) mass is 376 g/mol. The lowest BCUT2D eigenvalue weighted by atomic mass is 9.98. The quantitative estimate of drug-likeness (QED) is 0.615. The summed E-state index contributed by atoms with van der Waals surface area (Å²) >= 11 is 0. The molecule has 3 N–H and O–H groups in total. The molecule has 3 aromatic rings. The van der Waals surface area contributed by atoms with E-state index in [9.17, 15) is 19.5 Å². The van der Waals surface area contributed by atoms with Crippen molar-refractivity contribution in [1.82, 2.24) is 5.32 Å². The fraction of sp³-hybridized carbons (Fsp3) is 0.136. The fourth-order valence-electron chi connectivity index (χ4n) is 3.11. The van der Waals surface area contributed by atoms with Crippen molar-refractivity contribution in [3.05, 3.63) is 77.9 Å². The van der Waals surface area contributed by atoms with Crippen LogP contribution in [0.3, 0.4) is 0 Å². The van der Waals surface area contributed by atoms with Crippen molar-refractivity contribution < 1.29 is 19.5 Å². The molecule has 2 amide bonds. The van der Waals surface area contributed by atoms with Gasteiger partial charge in [-0.05, 0) is 28.5 Å². The maximum Gasteiger partial charge on any atom is 0.326 e. The average molecular weight is 376 g/mol. The van der Waals surface area contributed by atoms with E-state index >= 15 is 0 Å². The zero-order chi connectivity index (χ0) is 20.1. The van der Waals surface area contributed by atoms with Crippen LogP contribution in [0.15, 0.2) is 66.7 Å². The predicted molar refractivity (Wildman–Crippen MR) is 107 cm³/mol. The third-order valence-corrected chi connectivity index (χ3v) is 4.39. The molecule has 0 unspecified atom stereocenters. The standard InChI is InChI=1S/C22H20N2O4/c1-14(25)23-19-12-5-4-11-18(19)21(26)24-20(22(27)28)13-16-9-6-8-15-7-2-3-10-17(15)16/h2-12,20H,13H2,1H3,(H,23,25)(H,24,26)(H,27,28)/t20-/m0/s1. The lowest BCUT2D eigenvalue weighted by Crippen LogP contribution is -2.42. The minimum absolute atomic E-state index is 0.144. The molecule has 1 atom stereocenters. The molecule has 0 bridgehead atoms. The lowest BCUT2D eigenvalue weighted by molar-refractivity contribution is -0.139. The van der Waals surface area contributed by atoms with Crippen molar-refractivity contribution in [1.29, 1.82) is 0 Å². The van der Waals surface area contributed by atoms with Crippen LogP contribution in [-0.4, -0.2) is 28.9 Å². The molecular weight excluding hydrogens is 356 g/mol. The largest absolute Gasteiger partial charge is 0.480 e. The summed E-state index contributed by atoms with van der Waals surface area (Å²) in [5.74, 6) is -2.00. The topological polar surface area (TPSA) is 95.5 Å². The number of amides is 2. The molecule has 0 aliphatic carbocycles. The van der Waals surface area contributed by atoms with Crippen molar-refractivity contribution in [2.45, 2.75) is 19.4 Å². The van der Waals surface area contributed by atoms with Gasteiger partial charge in [0.15, 0.2) is 0 Å². The molecule has 142 valence electrons. The second-order valence-electron chi connectivity index (χ2n) is 6.43. The number of rotatable bonds is 6. The third-order valence-electron chi connectivity index (χ3n) is 4.39. The van der Waals surface area contributed by atoms with Gasteiger partial charge >= 0.3 is 5.97 Å². The van der Waals surface area contributed by atoms with Gasteiger partial charge in [-0.15, -0.1) is 0 Å². The minimum atomic E-state index is -1.13. The zero-order valence-corrected chi connectivity index (χ0v) is 15.3. The second kappa shape index (κ2) is 8.35. The van der Waals surface area contributed by atoms with Gasteiger partial charge in [-0.2, -0.15) is 0 Å². The highest BCUT2D eigenvalue weighted by Crippen LogP contribution is 2.20. The van der Waals surface area contributed by atoms with E-state index < -0.39 is 17.9 Å². The molecule has 0 heterocycles. The number of aliphatic carboxylic acids is 1. The summed E-state index contributed by atoms with van der Waals surface area (Å²) in [5, 5.41) is 16.7. The third kappa shape index (κ3) is 4.35. The molecule has 0 saturated heterocycles. The number of carbonyl (C=O) groups excluding carboxylic acids is 2. The Balaban J connectivity index is 1.85. The van der Waals surface area contributed by atoms with Crippen molar-refractivity contribution in [2.75, 3.05) is 5.32 Å². The number of hydrogen-bond donors (Lipinski definition) is 3. The number of para-hydroxylation sites is 1. The van der Waals surface area contributed by atoms with Crippen LogP contribution in [0.4, 0.5) is 5.69 Å². The zero-order valence-electron chi connectivity index (χ0n) is 15.3. The van der Waals surface area contributed by atoms with E-state index in [0.29, 0.717) is 5.69 Å². The van der Waals surface area contributed by atoms with Gasteiger partial charge in [0.1, 0.15) is 6.04 Å². The highest BCUT2D eigenvalue weighted by Gasteiger charge is 2.23. The number of carboxylic acids is 1. The van der Waals surface area contributed by atoms with Crippen molar-refractivity contribution in [3.8, 4) is 0 Å². The Morgan fingerprint density at radius 2 is 1.61 bits per heavy atom. The number of anilines is 1. The highest BCUT2D eigenvalue weighted by molar-refractivity contribution is 6.04. The van der Waals surface area contributed by atoms with E-state index in [1.165, 1.54) is 13.0 Å². The van der Waals surface area contributed by atoms with Gasteiger partial charge in [0, 0.05) is 13.3 Å². The Bertz CT molecular complexity index is 1040. The van der Waals surface area contributed by atoms with E-state index in [-0.39, 0.29) is 17.9 Å². The number of carboxylic acid groups (broad SMARTS) is 1. The van der Waals surface area contributed by atoms with E-state index in [1.54, 1.807) is 18.2 Å². The van der Waals surface area contributed by atoms with Gasteiger partial charge in [-0.25, -0.2) is 4.79 Å². The summed E-state index contributed by atoms with van der Waals surface area (Å²) in [6.45, 7) is 1.34. The van der Waals surface area contributed by atoms with E-state index in [1.807, 2.05) is 42.5 Å². The van der Waals surface area contributed by atoms with Crippen LogP contribution in [0, 0.1) is 0 Å². The summed E-state index contributed by atoms with van der Waals surface area (Å²) in [6, 6.07) is 18.7. The van der Waals surface area contributed by atoms with Gasteiger partial charge in [0.2, 0.25) is 5.91 Å². The molecule has 0 saturated carbocycles. The molecule has 28 heavy (non-hydrogen) atoms. The maximum atomic E-state index is 12.7. The average Bonchev–Trinajstić information content (AvgIpc) is 2.67. The molecule has 6 heteroatoms. The number of fused-ring (bicyclic) bond motifs is 1. The van der Waals surface area contributed by atoms with Crippen molar-refractivity contribution in [3.63, 3.8) is 0 Å². The van der Waals surface area contributed by atoms with Crippen LogP contribution in [0.2, 0.25) is 0 Å². The molecule has 6 nitrogen and oxygen atoms in total. The van der Waals surface area contributed by atoms with Gasteiger partial charge in [0.05, 0.1) is 11.3 Å². The summed E-state index contributed by atoms with van der Waals surface area (Å²) < 4.78 is 0. The summed E-state index contributed by atoms with van der Waals surface area (Å²) in [7, 11) is 0. The normalized spacial score (nSPS) is 11.6. The van der Waals surface area contributed by atoms with Crippen LogP contribution in [0.25, 0.3) is 10.8 Å². The highest BCUT2D eigenvalue weighted by atomic mass is 16.4. The Morgan fingerprint density at radius 1 is 0.929 bits per heavy atom. The fourth-order valence-corrected chi connectivity index (χ4v) is 3.11. The van der Waals surface area contributed by atoms with Crippen LogP contribution in [0.5, 0.6) is 0 Å². The molecule has 0 aromatic heterocycles. The van der Waals surface area contributed by atoms with Gasteiger partial charge in [-0.1, -0.05) is 54.6 Å². The lowest BCUT2D eigenvalue weighted by Gasteiger charge is -2.17. The number of hydrogen-bond acceptors (Lipinski definition) is 3. The van der Waals surface area contributed by atoms with Gasteiger partial charge in [0.25, 0.3) is 5.91 Å². The molecule has 0 radical (unpaired) electrons. The Hall–Kier alpha value is -3.67. The predicted octanol–water partition coefficient (Wildman–Crippen LogP) is 3.22. The van der Waals surface area contributed by atoms with E-state index in [4.69, 9.17) is 0 Å². The second-order valence-corrected chi connectivity index (χ2v) is 6.43. The van der Waals surface area contributed by atoms with Crippen molar-refractivity contribution >= 4 is 34.2 Å². The minimum Gasteiger partial charge on any atom is -0.480 e. The maximum absolute atomic E-state index is 12.7. The van der Waals surface area contributed by atoms with Crippen molar-refractivity contribution in [2.24, 2.45) is 0 Å². The first-order valence-electron chi connectivity index (χ1n) is 8.82. The van der Waals surface area contributed by atoms with Crippen LogP contribution >= 0.6 is 0 Å². The Labute approximate surface area is 162 Å². The number of nitrogens with one attached hydrogen (secondary N) is 2. The molecule has 0 aliphatic heterocycles. The SMILES string of the molecule is CC(=O)Nc1ccccc1C(=O)N[C@@H](Cc1cccc2ccccc12)C(=O)O. The Morgan fingerprint density at radius 3 is 2.36 bits per heavy atom. The van der Waals surface area contributed by atoms with Crippen LogP contribution in [-0.2, 0) is 16.0 Å². The Kier molecular flexibility index (Phi) is 5.69. The molecule has 3 rings (SSSR count). The molecule has 0 fully saturated rings. The van der Waals surface area contributed by atoms with Gasteiger partial charge < -0.3 is 15.7 Å². The molecule has 0 spiro atoms. The number of benzene rings is 3. The molecule has 3 aromatic carbocycles. The smallest absolute Gasteiger partial charge is 0.326 e. The van der Waals surface area contributed by atoms with Crippen LogP contribution < -0.4 is 10.6 Å². The first kappa shape index (κ1) is 19.1. The number of carbonyl (C=O) groups is 3. The molecule has 0 aliphatic rings. The molecular formula is C22H20N2O4. The van der Waals surface area contributed by atoms with E-state index in [2.05, 4.69) is 10.6 Å². The van der Waals surface area contributed by atoms with Gasteiger partial charge in [-0.3, -0.25) is 9.59 Å².